The SMILES string of the molecule is COC(=O)C(=CSc1ccc(F)cc1)c1cccs1. The molecule has 0 radical (unpaired) electrons. The maximum absolute atomic E-state index is 12.8. The lowest BCUT2D eigenvalue weighted by atomic mass is 10.2. The van der Waals surface area contributed by atoms with E-state index in [1.807, 2.05) is 17.5 Å². The molecular weight excluding hydrogens is 283 g/mol. The molecular formula is C14H11FO2S2. The van der Waals surface area contributed by atoms with E-state index in [4.69, 9.17) is 4.74 Å². The Morgan fingerprint density at radius 3 is 2.63 bits per heavy atom. The van der Waals surface area contributed by atoms with Gasteiger partial charge in [-0.25, -0.2) is 9.18 Å². The summed E-state index contributed by atoms with van der Waals surface area (Å²) in [6.45, 7) is 0. The van der Waals surface area contributed by atoms with Gasteiger partial charge in [0.25, 0.3) is 0 Å². The van der Waals surface area contributed by atoms with Gasteiger partial charge in [-0.2, -0.15) is 0 Å². The lowest BCUT2D eigenvalue weighted by Gasteiger charge is -2.03. The molecule has 0 fully saturated rings. The number of thiophene rings is 1. The summed E-state index contributed by atoms with van der Waals surface area (Å²) in [5.74, 6) is -0.656. The predicted octanol–water partition coefficient (Wildman–Crippen LogP) is 4.19. The Kier molecular flexibility index (Phi) is 4.76. The van der Waals surface area contributed by atoms with Gasteiger partial charge in [-0.3, -0.25) is 0 Å². The number of rotatable bonds is 4. The topological polar surface area (TPSA) is 26.3 Å². The van der Waals surface area contributed by atoms with Crippen LogP contribution in [-0.2, 0) is 9.53 Å². The van der Waals surface area contributed by atoms with Crippen LogP contribution in [0.1, 0.15) is 4.88 Å². The first-order chi connectivity index (χ1) is 9.20. The minimum Gasteiger partial charge on any atom is -0.465 e. The highest BCUT2D eigenvalue weighted by molar-refractivity contribution is 8.02. The van der Waals surface area contributed by atoms with Crippen LogP contribution in [0.5, 0.6) is 0 Å². The summed E-state index contributed by atoms with van der Waals surface area (Å²) < 4.78 is 17.6. The number of carbonyl (C=O) groups is 1. The van der Waals surface area contributed by atoms with Crippen molar-refractivity contribution >= 4 is 34.6 Å². The van der Waals surface area contributed by atoms with Crippen molar-refractivity contribution in [2.75, 3.05) is 7.11 Å². The number of ether oxygens (including phenoxy) is 1. The number of hydrogen-bond donors (Lipinski definition) is 0. The van der Waals surface area contributed by atoms with Crippen molar-refractivity contribution in [2.24, 2.45) is 0 Å². The van der Waals surface area contributed by atoms with Crippen LogP contribution in [-0.4, -0.2) is 13.1 Å². The molecule has 0 saturated carbocycles. The van der Waals surface area contributed by atoms with Crippen LogP contribution in [0, 0.1) is 5.82 Å². The number of benzene rings is 1. The van der Waals surface area contributed by atoms with E-state index in [0.29, 0.717) is 5.57 Å². The van der Waals surface area contributed by atoms with Crippen LogP contribution >= 0.6 is 23.1 Å². The molecule has 0 bridgehead atoms. The van der Waals surface area contributed by atoms with Crippen molar-refractivity contribution in [2.45, 2.75) is 4.90 Å². The Labute approximate surface area is 118 Å². The summed E-state index contributed by atoms with van der Waals surface area (Å²) in [6.07, 6.45) is 0. The zero-order valence-electron chi connectivity index (χ0n) is 10.1. The molecule has 0 amide bonds. The fourth-order valence-corrected chi connectivity index (χ4v) is 2.96. The van der Waals surface area contributed by atoms with E-state index in [1.165, 1.54) is 42.3 Å². The van der Waals surface area contributed by atoms with E-state index in [2.05, 4.69) is 0 Å². The van der Waals surface area contributed by atoms with E-state index in [-0.39, 0.29) is 11.8 Å². The smallest absolute Gasteiger partial charge is 0.339 e. The van der Waals surface area contributed by atoms with Crippen molar-refractivity contribution in [1.29, 1.82) is 0 Å². The lowest BCUT2D eigenvalue weighted by molar-refractivity contribution is -0.133. The monoisotopic (exact) mass is 294 g/mol. The summed E-state index contributed by atoms with van der Waals surface area (Å²) in [7, 11) is 1.35. The average Bonchev–Trinajstić information content (AvgIpc) is 2.94. The Morgan fingerprint density at radius 1 is 1.32 bits per heavy atom. The molecule has 0 unspecified atom stereocenters. The molecule has 1 aromatic carbocycles. The second kappa shape index (κ2) is 6.54. The molecule has 0 aliphatic heterocycles. The molecule has 2 aromatic rings. The van der Waals surface area contributed by atoms with Crippen LogP contribution in [0.25, 0.3) is 5.57 Å². The molecule has 0 aliphatic carbocycles. The first kappa shape index (κ1) is 13.8. The van der Waals surface area contributed by atoms with E-state index in [1.54, 1.807) is 17.5 Å². The van der Waals surface area contributed by atoms with Crippen LogP contribution < -0.4 is 0 Å². The normalized spacial score (nSPS) is 11.4. The zero-order valence-corrected chi connectivity index (χ0v) is 11.8. The maximum atomic E-state index is 12.8. The Bertz CT molecular complexity index is 574. The van der Waals surface area contributed by atoms with Gasteiger partial charge in [-0.1, -0.05) is 17.8 Å². The lowest BCUT2D eigenvalue weighted by Crippen LogP contribution is -2.02. The third-order valence-corrected chi connectivity index (χ3v) is 4.12. The average molecular weight is 294 g/mol. The van der Waals surface area contributed by atoms with Gasteiger partial charge >= 0.3 is 5.97 Å². The van der Waals surface area contributed by atoms with E-state index < -0.39 is 0 Å². The summed E-state index contributed by atoms with van der Waals surface area (Å²) >= 11 is 2.83. The van der Waals surface area contributed by atoms with Crippen molar-refractivity contribution in [1.82, 2.24) is 0 Å². The number of methoxy groups -OCH3 is 1. The van der Waals surface area contributed by atoms with Crippen LogP contribution in [0.15, 0.2) is 52.1 Å². The van der Waals surface area contributed by atoms with Gasteiger partial charge in [0.1, 0.15) is 5.82 Å². The van der Waals surface area contributed by atoms with Crippen LogP contribution in [0.3, 0.4) is 0 Å². The highest BCUT2D eigenvalue weighted by Crippen LogP contribution is 2.28. The summed E-state index contributed by atoms with van der Waals surface area (Å²) in [6, 6.07) is 9.84. The van der Waals surface area contributed by atoms with Crippen molar-refractivity contribution in [3.63, 3.8) is 0 Å². The maximum Gasteiger partial charge on any atom is 0.339 e. The second-order valence-corrected chi connectivity index (χ2v) is 5.46. The Balaban J connectivity index is 2.21. The standard InChI is InChI=1S/C14H11FO2S2/c1-17-14(16)12(13-3-2-8-18-13)9-19-11-6-4-10(15)5-7-11/h2-9H,1H3. The molecule has 1 aromatic heterocycles. The Morgan fingerprint density at radius 2 is 2.05 bits per heavy atom. The highest BCUT2D eigenvalue weighted by atomic mass is 32.2. The molecule has 2 nitrogen and oxygen atoms in total. The number of hydrogen-bond acceptors (Lipinski definition) is 4. The van der Waals surface area contributed by atoms with Gasteiger partial charge < -0.3 is 4.74 Å². The molecule has 5 heteroatoms. The van der Waals surface area contributed by atoms with Gasteiger partial charge in [0.2, 0.25) is 0 Å². The van der Waals surface area contributed by atoms with E-state index in [0.717, 1.165) is 9.77 Å². The summed E-state index contributed by atoms with van der Waals surface area (Å²) in [5.41, 5.74) is 0.506. The molecule has 2 rings (SSSR count). The molecule has 0 N–H and O–H groups in total. The number of carbonyl (C=O) groups excluding carboxylic acids is 1. The van der Waals surface area contributed by atoms with Gasteiger partial charge in [-0.05, 0) is 41.1 Å². The van der Waals surface area contributed by atoms with Gasteiger partial charge in [0.15, 0.2) is 0 Å². The molecule has 0 atom stereocenters. The number of halogens is 1. The van der Waals surface area contributed by atoms with Crippen LogP contribution in [0.4, 0.5) is 4.39 Å². The second-order valence-electron chi connectivity index (χ2n) is 3.57. The minimum absolute atomic E-state index is 0.278. The van der Waals surface area contributed by atoms with E-state index >= 15 is 0 Å². The third kappa shape index (κ3) is 3.68. The molecule has 0 saturated heterocycles. The summed E-state index contributed by atoms with van der Waals surface area (Å²) in [4.78, 5) is 13.4. The minimum atomic E-state index is -0.378. The van der Waals surface area contributed by atoms with Crippen molar-refractivity contribution in [3.05, 3.63) is 57.9 Å². The largest absolute Gasteiger partial charge is 0.465 e. The first-order valence-electron chi connectivity index (χ1n) is 5.45. The van der Waals surface area contributed by atoms with Gasteiger partial charge in [0.05, 0.1) is 12.7 Å². The fourth-order valence-electron chi connectivity index (χ4n) is 1.39. The van der Waals surface area contributed by atoms with Gasteiger partial charge in [0, 0.05) is 9.77 Å². The van der Waals surface area contributed by atoms with E-state index in [9.17, 15) is 9.18 Å². The van der Waals surface area contributed by atoms with Crippen molar-refractivity contribution < 1.29 is 13.9 Å². The third-order valence-electron chi connectivity index (χ3n) is 2.32. The predicted molar refractivity (Wildman–Crippen MR) is 76.6 cm³/mol. The zero-order chi connectivity index (χ0) is 13.7. The van der Waals surface area contributed by atoms with Gasteiger partial charge in [-0.15, -0.1) is 11.3 Å². The molecule has 98 valence electrons. The molecule has 1 heterocycles. The quantitative estimate of drug-likeness (QED) is 0.480. The highest BCUT2D eigenvalue weighted by Gasteiger charge is 2.13. The number of thioether (sulfide) groups is 1. The Hall–Kier alpha value is -1.59. The van der Waals surface area contributed by atoms with Crippen LogP contribution in [0.2, 0.25) is 0 Å². The fraction of sp³-hybridized carbons (Fsp3) is 0.0714. The number of esters is 1. The summed E-state index contributed by atoms with van der Waals surface area (Å²) in [5, 5.41) is 3.62. The molecule has 0 aliphatic rings. The first-order valence-corrected chi connectivity index (χ1v) is 7.21. The molecule has 0 spiro atoms. The van der Waals surface area contributed by atoms with Crippen molar-refractivity contribution in [3.8, 4) is 0 Å². The molecule has 19 heavy (non-hydrogen) atoms.